The van der Waals surface area contributed by atoms with Crippen LogP contribution < -0.4 is 20.1 Å². The third-order valence-corrected chi connectivity index (χ3v) is 6.41. The van der Waals surface area contributed by atoms with Gasteiger partial charge in [0.2, 0.25) is 0 Å². The predicted octanol–water partition coefficient (Wildman–Crippen LogP) is -3.91. The first-order chi connectivity index (χ1) is 19.2. The number of aliphatic carboxylic acids is 4. The van der Waals surface area contributed by atoms with E-state index in [1.54, 1.807) is 4.90 Å². The quantitative estimate of drug-likeness (QED) is 0.220. The van der Waals surface area contributed by atoms with Gasteiger partial charge in [-0.1, -0.05) is 12.1 Å². The van der Waals surface area contributed by atoms with Crippen molar-refractivity contribution in [1.82, 2.24) is 19.6 Å². The van der Waals surface area contributed by atoms with Crippen LogP contribution in [0.15, 0.2) is 24.3 Å². The molecule has 1 radical (unpaired) electrons. The van der Waals surface area contributed by atoms with Crippen LogP contribution in [0.1, 0.15) is 5.56 Å². The molecule has 0 spiro atoms. The molecule has 0 aromatic heterocycles. The number of carbonyl (C=O) groups is 4. The second kappa shape index (κ2) is 18.5. The van der Waals surface area contributed by atoms with Gasteiger partial charge in [0.05, 0.1) is 17.9 Å². The second-order valence-electron chi connectivity index (χ2n) is 9.59. The summed E-state index contributed by atoms with van der Waals surface area (Å²) in [5.41, 5.74) is 0.485. The Morgan fingerprint density at radius 3 is 1.48 bits per heavy atom. The fourth-order valence-electron chi connectivity index (χ4n) is 4.37. The molecule has 13 nitrogen and oxygen atoms in total. The van der Waals surface area contributed by atoms with E-state index in [1.807, 2.05) is 0 Å². The number of nitrogens with zero attached hydrogens (tertiary/aromatic N) is 4. The van der Waals surface area contributed by atoms with E-state index in [2.05, 4.69) is 4.74 Å². The molecule has 1 fully saturated rings. The summed E-state index contributed by atoms with van der Waals surface area (Å²) in [5.74, 6) is -5.37. The molecule has 0 bridgehead atoms. The third-order valence-electron chi connectivity index (χ3n) is 6.41. The van der Waals surface area contributed by atoms with E-state index in [0.717, 1.165) is 0 Å². The van der Waals surface area contributed by atoms with Crippen molar-refractivity contribution in [3.05, 3.63) is 29.8 Å². The number of hydrogen-bond donors (Lipinski definition) is 1. The summed E-state index contributed by atoms with van der Waals surface area (Å²) in [4.78, 5) is 52.2. The molecular weight excluding hydrogens is 715 g/mol. The van der Waals surface area contributed by atoms with E-state index in [0.29, 0.717) is 5.56 Å². The number of alkyl halides is 3. The van der Waals surface area contributed by atoms with Gasteiger partial charge >= 0.3 is 52.1 Å². The molecule has 1 aromatic rings. The summed E-state index contributed by atoms with van der Waals surface area (Å²) in [5, 5.41) is 43.9. The molecule has 1 aliphatic heterocycles. The topological polar surface area (TPSA) is 180 Å². The Morgan fingerprint density at radius 2 is 1.14 bits per heavy atom. The predicted molar refractivity (Wildman–Crippen MR) is 129 cm³/mol. The van der Waals surface area contributed by atoms with Crippen LogP contribution >= 0.6 is 0 Å². The number of halogens is 3. The second-order valence-corrected chi connectivity index (χ2v) is 9.59. The van der Waals surface area contributed by atoms with Gasteiger partial charge in [0.1, 0.15) is 11.8 Å². The van der Waals surface area contributed by atoms with E-state index in [1.165, 1.54) is 39.0 Å². The molecule has 2 rings (SSSR count). The van der Waals surface area contributed by atoms with E-state index < -0.39 is 62.3 Å². The minimum atomic E-state index is -4.52. The van der Waals surface area contributed by atoms with Gasteiger partial charge in [0.15, 0.2) is 6.61 Å². The van der Waals surface area contributed by atoms with E-state index >= 15 is 0 Å². The van der Waals surface area contributed by atoms with Crippen molar-refractivity contribution in [1.29, 1.82) is 0 Å². The van der Waals surface area contributed by atoms with Crippen molar-refractivity contribution < 1.29 is 97.5 Å². The summed E-state index contributed by atoms with van der Waals surface area (Å²) in [7, 11) is 0. The van der Waals surface area contributed by atoms with Crippen LogP contribution in [0, 0.1) is 39.9 Å². The fraction of sp³-hybridized carbons (Fsp3) is 0.600. The number of carbonyl (C=O) groups excluding carboxylic acids is 3. The molecule has 17 heteroatoms. The molecule has 1 saturated heterocycles. The van der Waals surface area contributed by atoms with E-state index in [4.69, 9.17) is 0 Å². The Hall–Kier alpha value is -2.15. The maximum atomic E-state index is 12.4. The first-order valence-electron chi connectivity index (χ1n) is 12.7. The zero-order valence-corrected chi connectivity index (χ0v) is 24.8. The van der Waals surface area contributed by atoms with E-state index in [9.17, 15) is 52.8 Å². The molecule has 0 aliphatic carbocycles. The van der Waals surface area contributed by atoms with Gasteiger partial charge in [-0.05, 0) is 24.1 Å². The first-order valence-corrected chi connectivity index (χ1v) is 12.7. The molecule has 1 atom stereocenters. The smallest absolute Gasteiger partial charge is 0.549 e. The minimum absolute atomic E-state index is 0. The Morgan fingerprint density at radius 1 is 0.762 bits per heavy atom. The van der Waals surface area contributed by atoms with Crippen molar-refractivity contribution >= 4 is 23.9 Å². The molecule has 0 unspecified atom stereocenters. The van der Waals surface area contributed by atoms with Gasteiger partial charge in [-0.2, -0.15) is 13.2 Å². The summed E-state index contributed by atoms with van der Waals surface area (Å²) < 4.78 is 41.9. The standard InChI is InChI=1S/C25H35F3N4O9.Gd/c26-25(27,28)17-41-19-3-1-18(2-4-19)13-20(24(39)40)32-11-9-30(15-22(35)36)7-5-29(14-21(33)34)6-8-31(10-12-32)16-23(37)38;/h1-4,20H,5-17H2,(H,33,34)(H,35,36)(H,37,38)(H,39,40);/q;+3/p-3/t20-;/m1./s1. The molecule has 1 aliphatic rings. The maximum Gasteiger partial charge on any atom is 3.00 e. The molecule has 0 amide bonds. The van der Waals surface area contributed by atoms with Crippen molar-refractivity contribution in [2.75, 3.05) is 78.6 Å². The zero-order chi connectivity index (χ0) is 30.6. The van der Waals surface area contributed by atoms with Crippen molar-refractivity contribution in [3.63, 3.8) is 0 Å². The largest absolute Gasteiger partial charge is 3.00 e. The summed E-state index contributed by atoms with van der Waals surface area (Å²) in [6.07, 6.45) is -4.58. The Bertz CT molecular complexity index is 1000. The number of carboxylic acid groups (broad SMARTS) is 4. The van der Waals surface area contributed by atoms with Crippen LogP contribution in [0.4, 0.5) is 13.2 Å². The first kappa shape index (κ1) is 37.9. The molecule has 42 heavy (non-hydrogen) atoms. The van der Waals surface area contributed by atoms with Gasteiger partial charge in [-0.25, -0.2) is 0 Å². The van der Waals surface area contributed by atoms with E-state index in [-0.39, 0.29) is 104 Å². The Kier molecular flexibility index (Phi) is 16.7. The summed E-state index contributed by atoms with van der Waals surface area (Å²) in [6.45, 7) is -2.21. The summed E-state index contributed by atoms with van der Waals surface area (Å²) >= 11 is 0. The van der Waals surface area contributed by atoms with Crippen LogP contribution in [-0.4, -0.2) is 139 Å². The van der Waals surface area contributed by atoms with Crippen LogP contribution in [-0.2, 0) is 25.6 Å². The molecule has 1 heterocycles. The van der Waals surface area contributed by atoms with Gasteiger partial charge in [0.25, 0.3) is 0 Å². The molecular formula is C25H32F3GdN4O9. The normalized spacial score (nSPS) is 17.7. The zero-order valence-electron chi connectivity index (χ0n) is 22.6. The molecule has 0 saturated carbocycles. The number of carboxylic acids is 4. The molecule has 1 N–H and O–H groups in total. The van der Waals surface area contributed by atoms with Crippen LogP contribution in [0.2, 0.25) is 0 Å². The van der Waals surface area contributed by atoms with Gasteiger partial charge in [-0.3, -0.25) is 24.4 Å². The number of ether oxygens (including phenoxy) is 1. The SMILES string of the molecule is O=C([O-])CN1CCN(CC(=O)[O-])CCN([C@H](Cc2ccc(OCC(F)(F)F)cc2)C(=O)O)CCN(CC(=O)[O-])CC1.[Gd+3]. The summed E-state index contributed by atoms with van der Waals surface area (Å²) in [6, 6.07) is 4.31. The van der Waals surface area contributed by atoms with Crippen molar-refractivity contribution in [2.24, 2.45) is 0 Å². The van der Waals surface area contributed by atoms with Crippen molar-refractivity contribution in [2.45, 2.75) is 18.6 Å². The van der Waals surface area contributed by atoms with Crippen molar-refractivity contribution in [3.8, 4) is 5.75 Å². The number of benzene rings is 1. The fourth-order valence-corrected chi connectivity index (χ4v) is 4.37. The van der Waals surface area contributed by atoms with Gasteiger partial charge in [-0.15, -0.1) is 0 Å². The Labute approximate surface area is 272 Å². The molecule has 1 aromatic carbocycles. The average molecular weight is 747 g/mol. The van der Waals surface area contributed by atoms with Gasteiger partial charge in [0, 0.05) is 72.0 Å². The number of hydrogen-bond acceptors (Lipinski definition) is 12. The average Bonchev–Trinajstić information content (AvgIpc) is 2.85. The monoisotopic (exact) mass is 747 g/mol. The maximum absolute atomic E-state index is 12.4. The van der Waals surface area contributed by atoms with Crippen LogP contribution in [0.3, 0.4) is 0 Å². The number of rotatable bonds is 12. The minimum Gasteiger partial charge on any atom is -0.549 e. The van der Waals surface area contributed by atoms with Crippen LogP contribution in [0.25, 0.3) is 0 Å². The third kappa shape index (κ3) is 15.4. The Balaban J connectivity index is 0.00000882. The molecule has 235 valence electrons. The van der Waals surface area contributed by atoms with Gasteiger partial charge < -0.3 is 39.5 Å². The van der Waals surface area contributed by atoms with Crippen LogP contribution in [0.5, 0.6) is 5.75 Å².